The Morgan fingerprint density at radius 3 is 2.75 bits per heavy atom. The summed E-state index contributed by atoms with van der Waals surface area (Å²) in [6, 6.07) is 1.30. The number of pyridine rings is 1. The number of hydrogen-bond donors (Lipinski definition) is 2. The number of aromatic nitrogens is 1. The highest BCUT2D eigenvalue weighted by Crippen LogP contribution is 2.11. The first-order chi connectivity index (χ1) is 5.66. The molecular weight excluding hydrogens is 160 g/mol. The number of nitrogens with zero attached hydrogens (tertiary/aromatic N) is 1. The Labute approximate surface area is 67.8 Å². The van der Waals surface area contributed by atoms with Gasteiger partial charge in [-0.05, 0) is 6.07 Å². The van der Waals surface area contributed by atoms with Crippen molar-refractivity contribution >= 4 is 18.1 Å². The molecule has 0 aliphatic heterocycles. The summed E-state index contributed by atoms with van der Waals surface area (Å²) in [5.74, 6) is -1.39. The molecule has 3 N–H and O–H groups in total. The van der Waals surface area contributed by atoms with E-state index >= 15 is 0 Å². The first-order valence-corrected chi connectivity index (χ1v) is 3.09. The Balaban J connectivity index is 3.39. The van der Waals surface area contributed by atoms with E-state index in [9.17, 15) is 9.59 Å². The highest BCUT2D eigenvalue weighted by atomic mass is 16.4. The lowest BCUT2D eigenvalue weighted by Gasteiger charge is -2.00. The summed E-state index contributed by atoms with van der Waals surface area (Å²) in [5.41, 5.74) is 5.04. The first-order valence-electron chi connectivity index (χ1n) is 3.09. The van der Waals surface area contributed by atoms with E-state index in [0.717, 1.165) is 0 Å². The lowest BCUT2D eigenvalue weighted by atomic mass is 10.1. The SMILES string of the molecule is Nc1nccc(C=O)c1C(=O)O. The number of anilines is 1. The maximum atomic E-state index is 10.5. The molecule has 0 amide bonds. The van der Waals surface area contributed by atoms with Crippen LogP contribution in [-0.4, -0.2) is 22.3 Å². The van der Waals surface area contributed by atoms with E-state index in [2.05, 4.69) is 4.98 Å². The smallest absolute Gasteiger partial charge is 0.340 e. The van der Waals surface area contributed by atoms with Gasteiger partial charge in [0.1, 0.15) is 11.4 Å². The summed E-state index contributed by atoms with van der Waals surface area (Å²) >= 11 is 0. The van der Waals surface area contributed by atoms with Gasteiger partial charge < -0.3 is 10.8 Å². The summed E-state index contributed by atoms with van der Waals surface area (Å²) in [7, 11) is 0. The van der Waals surface area contributed by atoms with Crippen molar-refractivity contribution in [2.45, 2.75) is 0 Å². The largest absolute Gasteiger partial charge is 0.478 e. The van der Waals surface area contributed by atoms with Crippen LogP contribution in [-0.2, 0) is 0 Å². The molecule has 5 nitrogen and oxygen atoms in total. The van der Waals surface area contributed by atoms with E-state index in [-0.39, 0.29) is 16.9 Å². The molecule has 0 unspecified atom stereocenters. The maximum Gasteiger partial charge on any atom is 0.340 e. The van der Waals surface area contributed by atoms with Crippen LogP contribution < -0.4 is 5.73 Å². The lowest BCUT2D eigenvalue weighted by molar-refractivity contribution is 0.0695. The Bertz CT molecular complexity index is 335. The summed E-state index contributed by atoms with van der Waals surface area (Å²) in [6.45, 7) is 0. The summed E-state index contributed by atoms with van der Waals surface area (Å²) < 4.78 is 0. The van der Waals surface area contributed by atoms with Crippen LogP contribution in [0.5, 0.6) is 0 Å². The van der Waals surface area contributed by atoms with Crippen LogP contribution in [0.2, 0.25) is 0 Å². The molecule has 1 rings (SSSR count). The number of aromatic carboxylic acids is 1. The van der Waals surface area contributed by atoms with Gasteiger partial charge in [0.2, 0.25) is 0 Å². The molecule has 1 aromatic heterocycles. The van der Waals surface area contributed by atoms with Gasteiger partial charge in [-0.25, -0.2) is 9.78 Å². The molecule has 0 aliphatic carbocycles. The molecule has 1 aromatic rings. The Morgan fingerprint density at radius 2 is 2.33 bits per heavy atom. The second kappa shape index (κ2) is 3.00. The molecule has 0 fully saturated rings. The zero-order valence-corrected chi connectivity index (χ0v) is 6.02. The molecule has 0 spiro atoms. The van der Waals surface area contributed by atoms with Gasteiger partial charge in [-0.3, -0.25) is 4.79 Å². The highest BCUT2D eigenvalue weighted by molar-refractivity contribution is 6.00. The van der Waals surface area contributed by atoms with Crippen LogP contribution in [0, 0.1) is 0 Å². The third-order valence-corrected chi connectivity index (χ3v) is 1.35. The second-order valence-electron chi connectivity index (χ2n) is 2.08. The number of carboxylic acid groups (broad SMARTS) is 1. The molecule has 12 heavy (non-hydrogen) atoms. The topological polar surface area (TPSA) is 93.3 Å². The Morgan fingerprint density at radius 1 is 1.67 bits per heavy atom. The van der Waals surface area contributed by atoms with Crippen molar-refractivity contribution < 1.29 is 14.7 Å². The van der Waals surface area contributed by atoms with Gasteiger partial charge >= 0.3 is 5.97 Å². The monoisotopic (exact) mass is 166 g/mol. The van der Waals surface area contributed by atoms with Crippen molar-refractivity contribution in [3.8, 4) is 0 Å². The fraction of sp³-hybridized carbons (Fsp3) is 0. The standard InChI is InChI=1S/C7H6N2O3/c8-6-5(7(11)12)4(3-10)1-2-9-6/h1-3H,(H2,8,9)(H,11,12). The molecule has 0 saturated carbocycles. The van der Waals surface area contributed by atoms with Crippen LogP contribution in [0.15, 0.2) is 12.3 Å². The van der Waals surface area contributed by atoms with Gasteiger partial charge in [0.25, 0.3) is 0 Å². The number of hydrogen-bond acceptors (Lipinski definition) is 4. The minimum Gasteiger partial charge on any atom is -0.478 e. The zero-order valence-electron chi connectivity index (χ0n) is 6.02. The van der Waals surface area contributed by atoms with Crippen molar-refractivity contribution in [3.05, 3.63) is 23.4 Å². The molecular formula is C7H6N2O3. The minimum atomic E-state index is -1.25. The second-order valence-corrected chi connectivity index (χ2v) is 2.08. The number of nitrogen functional groups attached to an aromatic ring is 1. The van der Waals surface area contributed by atoms with Crippen molar-refractivity contribution in [2.75, 3.05) is 5.73 Å². The molecule has 62 valence electrons. The summed E-state index contributed by atoms with van der Waals surface area (Å²) in [5, 5.41) is 8.60. The van der Waals surface area contributed by atoms with Crippen molar-refractivity contribution in [3.63, 3.8) is 0 Å². The Hall–Kier alpha value is -1.91. The predicted molar refractivity (Wildman–Crippen MR) is 41.0 cm³/mol. The van der Waals surface area contributed by atoms with E-state index in [1.807, 2.05) is 0 Å². The number of carboxylic acids is 1. The molecule has 0 saturated heterocycles. The van der Waals surface area contributed by atoms with Crippen molar-refractivity contribution in [1.82, 2.24) is 4.98 Å². The van der Waals surface area contributed by atoms with Crippen molar-refractivity contribution in [2.24, 2.45) is 0 Å². The van der Waals surface area contributed by atoms with Gasteiger partial charge in [-0.1, -0.05) is 0 Å². The maximum absolute atomic E-state index is 10.5. The van der Waals surface area contributed by atoms with E-state index in [1.54, 1.807) is 0 Å². The first kappa shape index (κ1) is 8.19. The van der Waals surface area contributed by atoms with E-state index in [1.165, 1.54) is 12.3 Å². The van der Waals surface area contributed by atoms with Gasteiger partial charge in [-0.15, -0.1) is 0 Å². The van der Waals surface area contributed by atoms with Crippen LogP contribution in [0.3, 0.4) is 0 Å². The van der Waals surface area contributed by atoms with Crippen LogP contribution in [0.25, 0.3) is 0 Å². The highest BCUT2D eigenvalue weighted by Gasteiger charge is 2.13. The van der Waals surface area contributed by atoms with E-state index in [4.69, 9.17) is 10.8 Å². The molecule has 0 bridgehead atoms. The average molecular weight is 166 g/mol. The van der Waals surface area contributed by atoms with Crippen LogP contribution in [0.1, 0.15) is 20.7 Å². The van der Waals surface area contributed by atoms with Gasteiger partial charge in [0, 0.05) is 11.8 Å². The molecule has 5 heteroatoms. The minimum absolute atomic E-state index is 0.0370. The van der Waals surface area contributed by atoms with Gasteiger partial charge in [0.15, 0.2) is 6.29 Å². The quantitative estimate of drug-likeness (QED) is 0.611. The third kappa shape index (κ3) is 1.24. The summed E-state index contributed by atoms with van der Waals surface area (Å²) in [4.78, 5) is 24.4. The third-order valence-electron chi connectivity index (χ3n) is 1.35. The lowest BCUT2D eigenvalue weighted by Crippen LogP contribution is -2.08. The number of nitrogens with two attached hydrogens (primary N) is 1. The normalized spacial score (nSPS) is 9.33. The number of carbonyl (C=O) groups excluding carboxylic acids is 1. The molecule has 0 aliphatic rings. The number of carbonyl (C=O) groups is 2. The zero-order chi connectivity index (χ0) is 9.14. The molecule has 0 aromatic carbocycles. The number of rotatable bonds is 2. The fourth-order valence-corrected chi connectivity index (χ4v) is 0.825. The van der Waals surface area contributed by atoms with E-state index in [0.29, 0.717) is 6.29 Å². The fourth-order valence-electron chi connectivity index (χ4n) is 0.825. The van der Waals surface area contributed by atoms with E-state index < -0.39 is 5.97 Å². The molecule has 1 heterocycles. The summed E-state index contributed by atoms with van der Waals surface area (Å²) in [6.07, 6.45) is 1.72. The molecule has 0 radical (unpaired) electrons. The van der Waals surface area contributed by atoms with Gasteiger partial charge in [0.05, 0.1) is 0 Å². The Kier molecular flexibility index (Phi) is 2.05. The molecule has 0 atom stereocenters. The average Bonchev–Trinajstić information content (AvgIpc) is 2.03. The van der Waals surface area contributed by atoms with Crippen LogP contribution >= 0.6 is 0 Å². The van der Waals surface area contributed by atoms with Crippen LogP contribution in [0.4, 0.5) is 5.82 Å². The van der Waals surface area contributed by atoms with Crippen molar-refractivity contribution in [1.29, 1.82) is 0 Å². The predicted octanol–water partition coefficient (Wildman–Crippen LogP) is 0.175. The van der Waals surface area contributed by atoms with Gasteiger partial charge in [-0.2, -0.15) is 0 Å². The number of aldehydes is 1.